The van der Waals surface area contributed by atoms with Gasteiger partial charge in [0.25, 0.3) is 0 Å². The van der Waals surface area contributed by atoms with E-state index in [0.29, 0.717) is 6.42 Å². The van der Waals surface area contributed by atoms with E-state index in [2.05, 4.69) is 12.1 Å². The van der Waals surface area contributed by atoms with Crippen molar-refractivity contribution in [3.05, 3.63) is 58.3 Å². The first-order chi connectivity index (χ1) is 8.70. The van der Waals surface area contributed by atoms with Crippen molar-refractivity contribution in [1.29, 1.82) is 0 Å². The standard InChI is InChI=1S/C15H14O2S/c1-15(13-8-5-9-18-13)12(10-14(16)17-15)11-6-3-2-4-7-11/h2-9,12H,10H2,1H3/t12-,15-/m0/s1. The highest BCUT2D eigenvalue weighted by Gasteiger charge is 2.48. The van der Waals surface area contributed by atoms with Crippen molar-refractivity contribution in [1.82, 2.24) is 0 Å². The normalized spacial score (nSPS) is 27.2. The molecule has 2 atom stereocenters. The van der Waals surface area contributed by atoms with Crippen LogP contribution in [0.15, 0.2) is 47.8 Å². The van der Waals surface area contributed by atoms with Gasteiger partial charge in [0, 0.05) is 10.8 Å². The SMILES string of the molecule is C[C@]1(c2cccs2)OC(=O)C[C@H]1c1ccccc1. The molecule has 1 fully saturated rings. The van der Waals surface area contributed by atoms with Crippen LogP contribution in [0.2, 0.25) is 0 Å². The Hall–Kier alpha value is -1.61. The van der Waals surface area contributed by atoms with Gasteiger partial charge in [-0.25, -0.2) is 0 Å². The van der Waals surface area contributed by atoms with Crippen molar-refractivity contribution in [2.45, 2.75) is 24.9 Å². The molecule has 18 heavy (non-hydrogen) atoms. The van der Waals surface area contributed by atoms with Crippen LogP contribution < -0.4 is 0 Å². The average Bonchev–Trinajstić information content (AvgIpc) is 2.99. The van der Waals surface area contributed by atoms with Crippen molar-refractivity contribution in [2.24, 2.45) is 0 Å². The van der Waals surface area contributed by atoms with Gasteiger partial charge in [-0.3, -0.25) is 4.79 Å². The topological polar surface area (TPSA) is 26.3 Å². The number of cyclic esters (lactones) is 1. The van der Waals surface area contributed by atoms with Crippen molar-refractivity contribution >= 4 is 17.3 Å². The molecule has 0 amide bonds. The lowest BCUT2D eigenvalue weighted by atomic mass is 9.82. The molecule has 1 aliphatic heterocycles. The highest BCUT2D eigenvalue weighted by Crippen LogP contribution is 2.48. The Bertz CT molecular complexity index is 547. The molecule has 1 aliphatic rings. The number of carbonyl (C=O) groups excluding carboxylic acids is 1. The smallest absolute Gasteiger partial charge is 0.307 e. The summed E-state index contributed by atoms with van der Waals surface area (Å²) in [6.45, 7) is 2.02. The predicted octanol–water partition coefficient (Wildman–Crippen LogP) is 3.69. The Morgan fingerprint density at radius 1 is 1.22 bits per heavy atom. The van der Waals surface area contributed by atoms with Gasteiger partial charge in [0.05, 0.1) is 6.42 Å². The fourth-order valence-corrected chi connectivity index (χ4v) is 3.49. The third kappa shape index (κ3) is 1.75. The van der Waals surface area contributed by atoms with Crippen LogP contribution in [0.4, 0.5) is 0 Å². The van der Waals surface area contributed by atoms with Gasteiger partial charge in [-0.15, -0.1) is 11.3 Å². The van der Waals surface area contributed by atoms with Crippen LogP contribution in [-0.2, 0) is 15.1 Å². The summed E-state index contributed by atoms with van der Waals surface area (Å²) in [6, 6.07) is 14.2. The Kier molecular flexibility index (Phi) is 2.71. The van der Waals surface area contributed by atoms with Crippen molar-refractivity contribution < 1.29 is 9.53 Å². The summed E-state index contributed by atoms with van der Waals surface area (Å²) in [5, 5.41) is 2.02. The van der Waals surface area contributed by atoms with Gasteiger partial charge in [-0.05, 0) is 23.9 Å². The summed E-state index contributed by atoms with van der Waals surface area (Å²) >= 11 is 1.64. The summed E-state index contributed by atoms with van der Waals surface area (Å²) in [6.07, 6.45) is 0.457. The zero-order chi connectivity index (χ0) is 12.6. The zero-order valence-electron chi connectivity index (χ0n) is 10.1. The summed E-state index contributed by atoms with van der Waals surface area (Å²) in [5.41, 5.74) is 0.645. The molecular weight excluding hydrogens is 244 g/mol. The third-order valence-electron chi connectivity index (χ3n) is 3.57. The van der Waals surface area contributed by atoms with E-state index in [-0.39, 0.29) is 11.9 Å². The summed E-state index contributed by atoms with van der Waals surface area (Å²) in [5.74, 6) is -0.00963. The maximum absolute atomic E-state index is 11.7. The van der Waals surface area contributed by atoms with E-state index in [1.165, 1.54) is 5.56 Å². The first-order valence-electron chi connectivity index (χ1n) is 6.01. The van der Waals surface area contributed by atoms with Gasteiger partial charge in [-0.1, -0.05) is 36.4 Å². The Labute approximate surface area is 110 Å². The van der Waals surface area contributed by atoms with Crippen molar-refractivity contribution in [2.75, 3.05) is 0 Å². The van der Waals surface area contributed by atoms with E-state index in [0.717, 1.165) is 4.88 Å². The zero-order valence-corrected chi connectivity index (χ0v) is 10.9. The summed E-state index contributed by atoms with van der Waals surface area (Å²) < 4.78 is 5.63. The third-order valence-corrected chi connectivity index (χ3v) is 4.66. The maximum atomic E-state index is 11.7. The molecule has 3 heteroatoms. The van der Waals surface area contributed by atoms with E-state index in [1.54, 1.807) is 11.3 Å². The van der Waals surface area contributed by atoms with Crippen LogP contribution in [0.25, 0.3) is 0 Å². The van der Waals surface area contributed by atoms with Crippen LogP contribution in [0.1, 0.15) is 29.7 Å². The first kappa shape index (κ1) is 11.5. The van der Waals surface area contributed by atoms with Gasteiger partial charge in [0.2, 0.25) is 0 Å². The molecule has 3 rings (SSSR count). The minimum Gasteiger partial charge on any atom is -0.453 e. The molecule has 2 heterocycles. The van der Waals surface area contributed by atoms with Crippen LogP contribution >= 0.6 is 11.3 Å². The second kappa shape index (κ2) is 4.25. The Morgan fingerprint density at radius 3 is 2.67 bits per heavy atom. The predicted molar refractivity (Wildman–Crippen MR) is 71.6 cm³/mol. The highest BCUT2D eigenvalue weighted by molar-refractivity contribution is 7.10. The molecule has 1 saturated heterocycles. The number of benzene rings is 1. The number of rotatable bonds is 2. The number of hydrogen-bond acceptors (Lipinski definition) is 3. The molecule has 0 unspecified atom stereocenters. The second-order valence-corrected chi connectivity index (χ2v) is 5.67. The fourth-order valence-electron chi connectivity index (χ4n) is 2.61. The molecule has 1 aromatic heterocycles. The lowest BCUT2D eigenvalue weighted by molar-refractivity contribution is -0.148. The van der Waals surface area contributed by atoms with Gasteiger partial charge in [0.1, 0.15) is 0 Å². The largest absolute Gasteiger partial charge is 0.453 e. The van der Waals surface area contributed by atoms with Crippen LogP contribution in [0, 0.1) is 0 Å². The van der Waals surface area contributed by atoms with E-state index in [4.69, 9.17) is 4.74 Å². The molecule has 1 aromatic carbocycles. The Morgan fingerprint density at radius 2 is 2.00 bits per heavy atom. The molecule has 2 aromatic rings. The molecular formula is C15H14O2S. The van der Waals surface area contributed by atoms with Crippen molar-refractivity contribution in [3.63, 3.8) is 0 Å². The second-order valence-electron chi connectivity index (χ2n) is 4.73. The molecule has 0 bridgehead atoms. The molecule has 0 radical (unpaired) electrons. The lowest BCUT2D eigenvalue weighted by Crippen LogP contribution is -2.26. The van der Waals surface area contributed by atoms with E-state index >= 15 is 0 Å². The number of esters is 1. The fraction of sp³-hybridized carbons (Fsp3) is 0.267. The van der Waals surface area contributed by atoms with Crippen LogP contribution in [-0.4, -0.2) is 5.97 Å². The monoisotopic (exact) mass is 258 g/mol. The van der Waals surface area contributed by atoms with Crippen LogP contribution in [0.5, 0.6) is 0 Å². The van der Waals surface area contributed by atoms with E-state index < -0.39 is 5.60 Å². The summed E-state index contributed by atoms with van der Waals surface area (Å²) in [7, 11) is 0. The molecule has 0 saturated carbocycles. The number of thiophene rings is 1. The summed E-state index contributed by atoms with van der Waals surface area (Å²) in [4.78, 5) is 12.8. The maximum Gasteiger partial charge on any atom is 0.307 e. The Balaban J connectivity index is 2.05. The molecule has 92 valence electrons. The molecule has 0 N–H and O–H groups in total. The highest BCUT2D eigenvalue weighted by atomic mass is 32.1. The quantitative estimate of drug-likeness (QED) is 0.768. The van der Waals surface area contributed by atoms with Gasteiger partial charge >= 0.3 is 5.97 Å². The molecule has 0 aliphatic carbocycles. The van der Waals surface area contributed by atoms with E-state index in [9.17, 15) is 4.79 Å². The number of carbonyl (C=O) groups is 1. The number of hydrogen-bond donors (Lipinski definition) is 0. The van der Waals surface area contributed by atoms with Gasteiger partial charge in [0.15, 0.2) is 5.60 Å². The van der Waals surface area contributed by atoms with E-state index in [1.807, 2.05) is 42.6 Å². The first-order valence-corrected chi connectivity index (χ1v) is 6.89. The van der Waals surface area contributed by atoms with Crippen molar-refractivity contribution in [3.8, 4) is 0 Å². The molecule has 2 nitrogen and oxygen atoms in total. The lowest BCUT2D eigenvalue weighted by Gasteiger charge is -2.28. The van der Waals surface area contributed by atoms with Gasteiger partial charge in [-0.2, -0.15) is 0 Å². The number of ether oxygens (including phenoxy) is 1. The minimum absolute atomic E-state index is 0.102. The van der Waals surface area contributed by atoms with Gasteiger partial charge < -0.3 is 4.74 Å². The average molecular weight is 258 g/mol. The minimum atomic E-state index is -0.521. The molecule has 0 spiro atoms. The van der Waals surface area contributed by atoms with Crippen LogP contribution in [0.3, 0.4) is 0 Å².